The number of nitrogens with two attached hydrogens (primary N) is 1. The Labute approximate surface area is 120 Å². The van der Waals surface area contributed by atoms with Gasteiger partial charge in [0.25, 0.3) is 0 Å². The maximum Gasteiger partial charge on any atom is 0.225 e. The second kappa shape index (κ2) is 6.72. The highest BCUT2D eigenvalue weighted by Gasteiger charge is 2.19. The third-order valence-electron chi connectivity index (χ3n) is 3.67. The molecular weight excluding hydrogens is 254 g/mol. The average Bonchev–Trinajstić information content (AvgIpc) is 2.42. The van der Waals surface area contributed by atoms with Crippen molar-refractivity contribution in [3.8, 4) is 0 Å². The predicted molar refractivity (Wildman–Crippen MR) is 80.7 cm³/mol. The lowest BCUT2D eigenvalue weighted by Gasteiger charge is -2.32. The van der Waals surface area contributed by atoms with Crippen LogP contribution < -0.4 is 11.1 Å². The van der Waals surface area contributed by atoms with E-state index in [0.29, 0.717) is 18.2 Å². The Hall–Kier alpha value is -1.59. The molecule has 1 saturated heterocycles. The van der Waals surface area contributed by atoms with Crippen molar-refractivity contribution in [1.29, 1.82) is 0 Å². The molecule has 3 N–H and O–H groups in total. The molecule has 2 rings (SSSR count). The molecule has 0 aliphatic carbocycles. The molecule has 110 valence electrons. The smallest absolute Gasteiger partial charge is 0.225 e. The summed E-state index contributed by atoms with van der Waals surface area (Å²) in [4.78, 5) is 14.3. The summed E-state index contributed by atoms with van der Waals surface area (Å²) in [5.41, 5.74) is 8.22. The minimum absolute atomic E-state index is 0.0254. The molecule has 0 aromatic heterocycles. The molecule has 0 saturated carbocycles. The summed E-state index contributed by atoms with van der Waals surface area (Å²) in [6.07, 6.45) is 0.485. The third kappa shape index (κ3) is 3.95. The first-order chi connectivity index (χ1) is 9.56. The van der Waals surface area contributed by atoms with Crippen molar-refractivity contribution in [3.63, 3.8) is 0 Å². The number of ether oxygens (including phenoxy) is 1. The van der Waals surface area contributed by atoms with Crippen molar-refractivity contribution in [3.05, 3.63) is 23.8 Å². The fourth-order valence-corrected chi connectivity index (χ4v) is 2.33. The lowest BCUT2D eigenvalue weighted by Crippen LogP contribution is -2.44. The molecular formula is C15H23N3O2. The zero-order valence-corrected chi connectivity index (χ0v) is 12.2. The van der Waals surface area contributed by atoms with Crippen LogP contribution in [0.15, 0.2) is 18.2 Å². The zero-order valence-electron chi connectivity index (χ0n) is 12.2. The highest BCUT2D eigenvalue weighted by molar-refractivity contribution is 5.92. The molecule has 1 aromatic carbocycles. The van der Waals surface area contributed by atoms with Gasteiger partial charge in [0.2, 0.25) is 5.91 Å². The van der Waals surface area contributed by atoms with Crippen LogP contribution in [0.2, 0.25) is 0 Å². The number of amides is 1. The van der Waals surface area contributed by atoms with E-state index in [2.05, 4.69) is 17.1 Å². The van der Waals surface area contributed by atoms with Gasteiger partial charge >= 0.3 is 0 Å². The van der Waals surface area contributed by atoms with E-state index in [4.69, 9.17) is 10.5 Å². The zero-order chi connectivity index (χ0) is 14.5. The molecule has 1 unspecified atom stereocenters. The number of nitrogens with one attached hydrogen (secondary N) is 1. The van der Waals surface area contributed by atoms with Gasteiger partial charge in [-0.1, -0.05) is 6.07 Å². The van der Waals surface area contributed by atoms with Gasteiger partial charge in [-0.2, -0.15) is 0 Å². The maximum absolute atomic E-state index is 12.0. The number of hydrogen-bond acceptors (Lipinski definition) is 4. The van der Waals surface area contributed by atoms with Crippen LogP contribution in [-0.2, 0) is 9.53 Å². The quantitative estimate of drug-likeness (QED) is 0.821. The fourth-order valence-electron chi connectivity index (χ4n) is 2.33. The van der Waals surface area contributed by atoms with Crippen LogP contribution in [0.1, 0.15) is 18.9 Å². The molecule has 20 heavy (non-hydrogen) atoms. The number of rotatable bonds is 4. The molecule has 1 atom stereocenters. The van der Waals surface area contributed by atoms with Crippen LogP contribution in [-0.4, -0.2) is 43.2 Å². The van der Waals surface area contributed by atoms with E-state index in [0.717, 1.165) is 37.6 Å². The highest BCUT2D eigenvalue weighted by atomic mass is 16.5. The van der Waals surface area contributed by atoms with Gasteiger partial charge in [-0.3, -0.25) is 9.69 Å². The standard InChI is InChI=1S/C15H23N3O2/c1-11-3-4-13(16)9-14(11)17-15(19)5-6-18-7-8-20-10-12(18)2/h3-4,9,12H,5-8,10,16H2,1-2H3,(H,17,19). The van der Waals surface area contributed by atoms with Crippen LogP contribution in [0, 0.1) is 6.92 Å². The Morgan fingerprint density at radius 2 is 2.35 bits per heavy atom. The molecule has 1 aliphatic rings. The number of carbonyl (C=O) groups excluding carboxylic acids is 1. The van der Waals surface area contributed by atoms with E-state index < -0.39 is 0 Å². The molecule has 1 amide bonds. The Kier molecular flexibility index (Phi) is 4.98. The lowest BCUT2D eigenvalue weighted by molar-refractivity contribution is -0.117. The molecule has 5 nitrogen and oxygen atoms in total. The van der Waals surface area contributed by atoms with E-state index in [1.165, 1.54) is 0 Å². The summed E-state index contributed by atoms with van der Waals surface area (Å²) in [5.74, 6) is 0.0254. The molecule has 1 fully saturated rings. The molecule has 1 aliphatic heterocycles. The van der Waals surface area contributed by atoms with Crippen LogP contribution in [0.5, 0.6) is 0 Å². The van der Waals surface area contributed by atoms with E-state index in [9.17, 15) is 4.79 Å². The fraction of sp³-hybridized carbons (Fsp3) is 0.533. The van der Waals surface area contributed by atoms with E-state index in [1.54, 1.807) is 6.07 Å². The number of nitrogen functional groups attached to an aromatic ring is 1. The number of nitrogens with zero attached hydrogens (tertiary/aromatic N) is 1. The van der Waals surface area contributed by atoms with Gasteiger partial charge in [-0.25, -0.2) is 0 Å². The van der Waals surface area contributed by atoms with E-state index in [1.807, 2.05) is 19.1 Å². The normalized spacial score (nSPS) is 19.8. The number of anilines is 2. The van der Waals surface area contributed by atoms with Crippen molar-refractivity contribution < 1.29 is 9.53 Å². The predicted octanol–water partition coefficient (Wildman–Crippen LogP) is 1.63. The Bertz CT molecular complexity index is 476. The first-order valence-electron chi connectivity index (χ1n) is 7.04. The lowest BCUT2D eigenvalue weighted by atomic mass is 10.1. The van der Waals surface area contributed by atoms with Gasteiger partial charge in [0, 0.05) is 36.9 Å². The monoisotopic (exact) mass is 277 g/mol. The highest BCUT2D eigenvalue weighted by Crippen LogP contribution is 2.18. The van der Waals surface area contributed by atoms with Crippen molar-refractivity contribution >= 4 is 17.3 Å². The molecule has 1 aromatic rings. The number of aryl methyl sites for hydroxylation is 1. The van der Waals surface area contributed by atoms with E-state index >= 15 is 0 Å². The number of carbonyl (C=O) groups is 1. The van der Waals surface area contributed by atoms with Gasteiger partial charge in [-0.15, -0.1) is 0 Å². The number of benzene rings is 1. The Morgan fingerprint density at radius 1 is 1.55 bits per heavy atom. The molecule has 0 spiro atoms. The summed E-state index contributed by atoms with van der Waals surface area (Å²) in [7, 11) is 0. The van der Waals surface area contributed by atoms with Gasteiger partial charge in [-0.05, 0) is 31.5 Å². The second-order valence-corrected chi connectivity index (χ2v) is 5.33. The van der Waals surface area contributed by atoms with Crippen molar-refractivity contribution in [2.75, 3.05) is 37.4 Å². The van der Waals surface area contributed by atoms with Crippen molar-refractivity contribution in [2.24, 2.45) is 0 Å². The van der Waals surface area contributed by atoms with Gasteiger partial charge in [0.05, 0.1) is 13.2 Å². The van der Waals surface area contributed by atoms with Crippen molar-refractivity contribution in [1.82, 2.24) is 4.90 Å². The van der Waals surface area contributed by atoms with Crippen LogP contribution in [0.3, 0.4) is 0 Å². The molecule has 5 heteroatoms. The SMILES string of the molecule is Cc1ccc(N)cc1NC(=O)CCN1CCOCC1C. The topological polar surface area (TPSA) is 67.6 Å². The minimum Gasteiger partial charge on any atom is -0.399 e. The number of morpholine rings is 1. The first kappa shape index (κ1) is 14.8. The van der Waals surface area contributed by atoms with E-state index in [-0.39, 0.29) is 5.91 Å². The summed E-state index contributed by atoms with van der Waals surface area (Å²) in [5, 5.41) is 2.93. The molecule has 0 radical (unpaired) electrons. The first-order valence-corrected chi connectivity index (χ1v) is 7.04. The Balaban J connectivity index is 1.84. The van der Waals surface area contributed by atoms with Crippen molar-refractivity contribution in [2.45, 2.75) is 26.3 Å². The van der Waals surface area contributed by atoms with Crippen LogP contribution in [0.4, 0.5) is 11.4 Å². The molecule has 1 heterocycles. The second-order valence-electron chi connectivity index (χ2n) is 5.33. The maximum atomic E-state index is 12.0. The average molecular weight is 277 g/mol. The van der Waals surface area contributed by atoms with Crippen LogP contribution in [0.25, 0.3) is 0 Å². The largest absolute Gasteiger partial charge is 0.399 e. The summed E-state index contributed by atoms with van der Waals surface area (Å²) in [6, 6.07) is 5.92. The Morgan fingerprint density at radius 3 is 3.10 bits per heavy atom. The summed E-state index contributed by atoms with van der Waals surface area (Å²) in [6.45, 7) is 7.23. The number of hydrogen-bond donors (Lipinski definition) is 2. The van der Waals surface area contributed by atoms with Gasteiger partial charge < -0.3 is 15.8 Å². The minimum atomic E-state index is 0.0254. The van der Waals surface area contributed by atoms with Gasteiger partial charge in [0.1, 0.15) is 0 Å². The van der Waals surface area contributed by atoms with Gasteiger partial charge in [0.15, 0.2) is 0 Å². The molecule has 0 bridgehead atoms. The third-order valence-corrected chi connectivity index (χ3v) is 3.67. The summed E-state index contributed by atoms with van der Waals surface area (Å²) < 4.78 is 5.39. The van der Waals surface area contributed by atoms with Crippen LogP contribution >= 0.6 is 0 Å². The summed E-state index contributed by atoms with van der Waals surface area (Å²) >= 11 is 0.